The fourth-order valence-corrected chi connectivity index (χ4v) is 5.07. The first-order chi connectivity index (χ1) is 16.7. The van der Waals surface area contributed by atoms with Crippen LogP contribution in [0.2, 0.25) is 0 Å². The van der Waals surface area contributed by atoms with E-state index in [0.29, 0.717) is 17.5 Å². The van der Waals surface area contributed by atoms with Crippen molar-refractivity contribution < 1.29 is 18.8 Å². The minimum absolute atomic E-state index is 0.0645. The molecule has 1 aliphatic carbocycles. The van der Waals surface area contributed by atoms with Gasteiger partial charge in [-0.25, -0.2) is 0 Å². The third kappa shape index (κ3) is 3.90. The Morgan fingerprint density at radius 2 is 1.82 bits per heavy atom. The number of amides is 1. The minimum Gasteiger partial charge on any atom is -0.497 e. The first-order valence-electron chi connectivity index (χ1n) is 11.0. The van der Waals surface area contributed by atoms with Crippen LogP contribution in [-0.4, -0.2) is 29.2 Å². The highest BCUT2D eigenvalue weighted by molar-refractivity contribution is 7.99. The van der Waals surface area contributed by atoms with Crippen molar-refractivity contribution in [1.29, 1.82) is 0 Å². The summed E-state index contributed by atoms with van der Waals surface area (Å²) < 4.78 is 16.3. The van der Waals surface area contributed by atoms with Crippen molar-refractivity contribution in [2.45, 2.75) is 35.3 Å². The van der Waals surface area contributed by atoms with E-state index < -0.39 is 0 Å². The second-order valence-corrected chi connectivity index (χ2v) is 9.25. The lowest BCUT2D eigenvalue weighted by molar-refractivity contribution is 0.0982. The quantitative estimate of drug-likeness (QED) is 0.362. The van der Waals surface area contributed by atoms with Crippen molar-refractivity contribution in [3.8, 4) is 22.9 Å². The maximum Gasteiger partial charge on any atom is 0.264 e. The number of carbonyl (C=O) groups is 1. The Balaban J connectivity index is 1.26. The topological polar surface area (TPSA) is 77.7 Å². The second kappa shape index (κ2) is 8.53. The fraction of sp³-hybridized carbons (Fsp3) is 0.192. The van der Waals surface area contributed by atoms with Gasteiger partial charge in [0.25, 0.3) is 11.8 Å². The molecule has 2 heterocycles. The van der Waals surface area contributed by atoms with E-state index in [-0.39, 0.29) is 18.6 Å². The van der Waals surface area contributed by atoms with Gasteiger partial charge in [0, 0.05) is 21.4 Å². The third-order valence-electron chi connectivity index (χ3n) is 5.84. The van der Waals surface area contributed by atoms with Crippen LogP contribution in [-0.2, 0) is 6.61 Å². The summed E-state index contributed by atoms with van der Waals surface area (Å²) in [6, 6.07) is 21.3. The molecule has 1 saturated carbocycles. The van der Waals surface area contributed by atoms with Gasteiger partial charge in [-0.3, -0.25) is 4.79 Å². The summed E-state index contributed by atoms with van der Waals surface area (Å²) in [5.74, 6) is 2.38. The molecule has 1 fully saturated rings. The Morgan fingerprint density at radius 3 is 2.62 bits per heavy atom. The molecule has 0 bridgehead atoms. The molecule has 0 spiro atoms. The summed E-state index contributed by atoms with van der Waals surface area (Å²) in [7, 11) is 1.62. The molecule has 4 aromatic rings. The van der Waals surface area contributed by atoms with Crippen LogP contribution in [0.4, 0.5) is 5.69 Å². The molecule has 7 nitrogen and oxygen atoms in total. The molecular formula is C26H21N3O4S. The number of benzene rings is 3. The van der Waals surface area contributed by atoms with Crippen molar-refractivity contribution >= 4 is 23.4 Å². The normalized spacial score (nSPS) is 14.9. The lowest BCUT2D eigenvalue weighted by Gasteiger charge is -2.22. The number of nitrogens with zero attached hydrogens (tertiary/aromatic N) is 3. The summed E-state index contributed by atoms with van der Waals surface area (Å²) in [5.41, 5.74) is 2.51. The molecule has 8 heteroatoms. The average molecular weight is 472 g/mol. The summed E-state index contributed by atoms with van der Waals surface area (Å²) in [6.07, 6.45) is 2.06. The number of hydrogen-bond donors (Lipinski definition) is 0. The monoisotopic (exact) mass is 471 g/mol. The molecule has 3 aromatic carbocycles. The molecule has 170 valence electrons. The van der Waals surface area contributed by atoms with Crippen molar-refractivity contribution in [2.75, 3.05) is 12.0 Å². The summed E-state index contributed by atoms with van der Waals surface area (Å²) >= 11 is 1.60. The van der Waals surface area contributed by atoms with Gasteiger partial charge in [-0.1, -0.05) is 29.1 Å². The number of rotatable bonds is 6. The van der Waals surface area contributed by atoms with Gasteiger partial charge < -0.3 is 18.9 Å². The van der Waals surface area contributed by atoms with E-state index in [0.717, 1.165) is 45.2 Å². The molecule has 0 radical (unpaired) electrons. The minimum atomic E-state index is 0.0645. The highest BCUT2D eigenvalue weighted by Gasteiger charge is 2.38. The molecule has 0 saturated heterocycles. The molecule has 34 heavy (non-hydrogen) atoms. The number of aromatic nitrogens is 2. The summed E-state index contributed by atoms with van der Waals surface area (Å²) in [6.45, 7) is 0.163. The number of fused-ring (bicyclic) bond motifs is 2. The van der Waals surface area contributed by atoms with Crippen molar-refractivity contribution in [1.82, 2.24) is 10.1 Å². The largest absolute Gasteiger partial charge is 0.497 e. The van der Waals surface area contributed by atoms with Crippen molar-refractivity contribution in [2.24, 2.45) is 0 Å². The molecule has 1 amide bonds. The predicted molar refractivity (Wildman–Crippen MR) is 127 cm³/mol. The lowest BCUT2D eigenvalue weighted by atomic mass is 10.1. The standard InChI is InChI=1S/C26H21N3O4S/c1-31-18-9-11-19(12-10-18)32-15-24-27-25(28-33-24)16-6-13-21-23(14-16)34-22-5-3-2-4-20(22)26(30)29(21)17-7-8-17/h2-6,9-14,17H,7-8,15H2,1H3. The van der Waals surface area contributed by atoms with Gasteiger partial charge >= 0.3 is 0 Å². The van der Waals surface area contributed by atoms with Crippen LogP contribution in [0.3, 0.4) is 0 Å². The molecule has 0 N–H and O–H groups in total. The molecule has 0 unspecified atom stereocenters. The van der Waals surface area contributed by atoms with E-state index in [9.17, 15) is 4.79 Å². The molecule has 6 rings (SSSR count). The zero-order chi connectivity index (χ0) is 23.1. The van der Waals surface area contributed by atoms with E-state index in [1.54, 1.807) is 18.9 Å². The Hall–Kier alpha value is -3.78. The van der Waals surface area contributed by atoms with Crippen molar-refractivity contribution in [3.63, 3.8) is 0 Å². The number of carbonyl (C=O) groups excluding carboxylic acids is 1. The van der Waals surface area contributed by atoms with Gasteiger partial charge in [0.1, 0.15) is 11.5 Å². The van der Waals surface area contributed by atoms with E-state index >= 15 is 0 Å². The van der Waals surface area contributed by atoms with Crippen molar-refractivity contribution in [3.05, 3.63) is 78.2 Å². The van der Waals surface area contributed by atoms with Crippen LogP contribution < -0.4 is 14.4 Å². The zero-order valence-corrected chi connectivity index (χ0v) is 19.2. The van der Waals surface area contributed by atoms with E-state index in [4.69, 9.17) is 14.0 Å². The molecule has 2 aliphatic rings. The van der Waals surface area contributed by atoms with Gasteiger partial charge in [-0.2, -0.15) is 4.98 Å². The van der Waals surface area contributed by atoms with E-state index in [1.165, 1.54) is 0 Å². The maximum absolute atomic E-state index is 13.3. The van der Waals surface area contributed by atoms with Gasteiger partial charge in [0.2, 0.25) is 5.82 Å². The van der Waals surface area contributed by atoms with Gasteiger partial charge in [-0.15, -0.1) is 0 Å². The second-order valence-electron chi connectivity index (χ2n) is 8.16. The molecular weight excluding hydrogens is 450 g/mol. The molecule has 1 aliphatic heterocycles. The summed E-state index contributed by atoms with van der Waals surface area (Å²) in [4.78, 5) is 21.7. The number of anilines is 1. The van der Waals surface area contributed by atoms with Crippen LogP contribution in [0, 0.1) is 0 Å². The zero-order valence-electron chi connectivity index (χ0n) is 18.4. The highest BCUT2D eigenvalue weighted by Crippen LogP contribution is 2.46. The SMILES string of the molecule is COc1ccc(OCc2nc(-c3ccc4c(c3)Sc3ccccc3C(=O)N4C3CC3)no2)cc1. The number of hydrogen-bond acceptors (Lipinski definition) is 7. The van der Waals surface area contributed by atoms with Crippen LogP contribution in [0.25, 0.3) is 11.4 Å². The Morgan fingerprint density at radius 1 is 1.03 bits per heavy atom. The summed E-state index contributed by atoms with van der Waals surface area (Å²) in [5, 5.41) is 4.15. The Labute approximate surface area is 200 Å². The molecule has 1 aromatic heterocycles. The van der Waals surface area contributed by atoms with Crippen LogP contribution in [0.5, 0.6) is 11.5 Å². The Bertz CT molecular complexity index is 1360. The van der Waals surface area contributed by atoms with E-state index in [1.807, 2.05) is 71.6 Å². The third-order valence-corrected chi connectivity index (χ3v) is 6.96. The van der Waals surface area contributed by atoms with Crippen LogP contribution in [0.15, 0.2) is 81.0 Å². The van der Waals surface area contributed by atoms with Crippen LogP contribution in [0.1, 0.15) is 29.1 Å². The Kier molecular flexibility index (Phi) is 5.22. The van der Waals surface area contributed by atoms with Gasteiger partial charge in [0.05, 0.1) is 18.4 Å². The average Bonchev–Trinajstić information content (AvgIpc) is 3.61. The molecule has 0 atom stereocenters. The number of ether oxygens (including phenoxy) is 2. The van der Waals surface area contributed by atoms with Gasteiger partial charge in [-0.05, 0) is 67.4 Å². The highest BCUT2D eigenvalue weighted by atomic mass is 32.2. The fourth-order valence-electron chi connectivity index (χ4n) is 3.97. The lowest BCUT2D eigenvalue weighted by Crippen LogP contribution is -2.32. The van der Waals surface area contributed by atoms with Crippen LogP contribution >= 0.6 is 11.8 Å². The van der Waals surface area contributed by atoms with E-state index in [2.05, 4.69) is 10.1 Å². The first-order valence-corrected chi connectivity index (χ1v) is 11.9. The maximum atomic E-state index is 13.3. The number of methoxy groups -OCH3 is 1. The smallest absolute Gasteiger partial charge is 0.264 e. The van der Waals surface area contributed by atoms with Gasteiger partial charge in [0.15, 0.2) is 6.61 Å². The predicted octanol–water partition coefficient (Wildman–Crippen LogP) is 5.60. The first kappa shape index (κ1) is 20.8.